The van der Waals surface area contributed by atoms with E-state index in [1.165, 1.54) is 23.3 Å². The average Bonchev–Trinajstić information content (AvgIpc) is 3.12. The van der Waals surface area contributed by atoms with E-state index in [1.807, 2.05) is 12.1 Å². The highest BCUT2D eigenvalue weighted by Gasteiger charge is 2.30. The first-order valence-corrected chi connectivity index (χ1v) is 9.46. The Morgan fingerprint density at radius 1 is 1.22 bits per heavy atom. The molecule has 1 aliphatic carbocycles. The van der Waals surface area contributed by atoms with Crippen LogP contribution in [-0.2, 0) is 5.75 Å². The average molecular weight is 343 g/mol. The van der Waals surface area contributed by atoms with Crippen LogP contribution in [0.5, 0.6) is 5.75 Å². The fraction of sp³-hybridized carbons (Fsp3) is 0.294. The lowest BCUT2D eigenvalue weighted by atomic mass is 10.2. The van der Waals surface area contributed by atoms with Crippen LogP contribution in [0.1, 0.15) is 24.4 Å². The van der Waals surface area contributed by atoms with Crippen LogP contribution in [0.15, 0.2) is 46.9 Å². The fourth-order valence-corrected chi connectivity index (χ4v) is 4.15. The monoisotopic (exact) mass is 343 g/mol. The van der Waals surface area contributed by atoms with Crippen molar-refractivity contribution in [2.24, 2.45) is 0 Å². The van der Waals surface area contributed by atoms with Gasteiger partial charge in [0.1, 0.15) is 5.75 Å². The molecule has 2 aromatic heterocycles. The summed E-state index contributed by atoms with van der Waals surface area (Å²) in [5.41, 5.74) is 1.26. The third-order valence-electron chi connectivity index (χ3n) is 3.85. The van der Waals surface area contributed by atoms with Crippen LogP contribution >= 0.6 is 23.1 Å². The minimum absolute atomic E-state index is 0.570. The third kappa shape index (κ3) is 3.14. The molecule has 0 spiro atoms. The highest BCUT2D eigenvalue weighted by Crippen LogP contribution is 2.42. The van der Waals surface area contributed by atoms with Gasteiger partial charge in [-0.2, -0.15) is 0 Å². The van der Waals surface area contributed by atoms with Crippen molar-refractivity contribution in [2.45, 2.75) is 29.8 Å². The van der Waals surface area contributed by atoms with Gasteiger partial charge in [-0.3, -0.25) is 4.57 Å². The number of methoxy groups -OCH3 is 1. The van der Waals surface area contributed by atoms with Crippen LogP contribution in [0.25, 0.3) is 10.7 Å². The van der Waals surface area contributed by atoms with E-state index >= 15 is 0 Å². The van der Waals surface area contributed by atoms with Gasteiger partial charge in [0.25, 0.3) is 0 Å². The van der Waals surface area contributed by atoms with Crippen LogP contribution in [0.3, 0.4) is 0 Å². The Morgan fingerprint density at radius 2 is 2.04 bits per heavy atom. The molecule has 0 N–H and O–H groups in total. The lowest BCUT2D eigenvalue weighted by Crippen LogP contribution is -1.99. The van der Waals surface area contributed by atoms with Crippen LogP contribution in [-0.4, -0.2) is 21.9 Å². The standard InChI is InChI=1S/C17H17N3OS2/c1-21-14-8-4-12(5-9-14)11-23-17-19-18-16(15-3-2-10-22-15)20(17)13-6-7-13/h2-5,8-10,13H,6-7,11H2,1H3. The lowest BCUT2D eigenvalue weighted by Gasteiger charge is -2.08. The van der Waals surface area contributed by atoms with Crippen molar-refractivity contribution < 1.29 is 4.74 Å². The maximum atomic E-state index is 5.20. The van der Waals surface area contributed by atoms with Crippen LogP contribution < -0.4 is 4.74 Å². The number of ether oxygens (including phenoxy) is 1. The van der Waals surface area contributed by atoms with Crippen LogP contribution in [0.2, 0.25) is 0 Å². The van der Waals surface area contributed by atoms with Crippen molar-refractivity contribution >= 4 is 23.1 Å². The molecule has 0 radical (unpaired) electrons. The second-order valence-electron chi connectivity index (χ2n) is 5.52. The van der Waals surface area contributed by atoms with Crippen molar-refractivity contribution in [3.05, 3.63) is 47.3 Å². The normalized spacial score (nSPS) is 14.1. The Morgan fingerprint density at radius 3 is 2.70 bits per heavy atom. The number of hydrogen-bond acceptors (Lipinski definition) is 5. The summed E-state index contributed by atoms with van der Waals surface area (Å²) in [6.07, 6.45) is 2.46. The summed E-state index contributed by atoms with van der Waals surface area (Å²) in [6, 6.07) is 13.0. The summed E-state index contributed by atoms with van der Waals surface area (Å²) in [6.45, 7) is 0. The van der Waals surface area contributed by atoms with Crippen molar-refractivity contribution in [1.29, 1.82) is 0 Å². The molecule has 0 atom stereocenters. The number of hydrogen-bond donors (Lipinski definition) is 0. The fourth-order valence-electron chi connectivity index (χ4n) is 2.48. The molecule has 1 aliphatic rings. The third-order valence-corrected chi connectivity index (χ3v) is 5.73. The highest BCUT2D eigenvalue weighted by atomic mass is 32.2. The molecule has 0 saturated heterocycles. The van der Waals surface area contributed by atoms with Gasteiger partial charge >= 0.3 is 0 Å². The molecule has 1 fully saturated rings. The molecule has 0 aliphatic heterocycles. The quantitative estimate of drug-likeness (QED) is 0.611. The summed E-state index contributed by atoms with van der Waals surface area (Å²) < 4.78 is 7.52. The van der Waals surface area contributed by atoms with Crippen molar-refractivity contribution in [2.75, 3.05) is 7.11 Å². The molecular formula is C17H17N3OS2. The zero-order valence-corrected chi connectivity index (χ0v) is 14.4. The summed E-state index contributed by atoms with van der Waals surface area (Å²) in [4.78, 5) is 1.20. The van der Waals surface area contributed by atoms with Crippen LogP contribution in [0, 0.1) is 0 Å². The number of thiophene rings is 1. The summed E-state index contributed by atoms with van der Waals surface area (Å²) in [5, 5.41) is 12.0. The number of aromatic nitrogens is 3. The molecule has 23 heavy (non-hydrogen) atoms. The first-order chi connectivity index (χ1) is 11.3. The zero-order valence-electron chi connectivity index (χ0n) is 12.8. The van der Waals surface area contributed by atoms with Gasteiger partial charge in [-0.1, -0.05) is 30.0 Å². The zero-order chi connectivity index (χ0) is 15.6. The van der Waals surface area contributed by atoms with Crippen molar-refractivity contribution in [3.8, 4) is 16.5 Å². The van der Waals surface area contributed by atoms with E-state index in [1.54, 1.807) is 30.2 Å². The molecule has 6 heteroatoms. The van der Waals surface area contributed by atoms with Gasteiger partial charge < -0.3 is 4.74 Å². The van der Waals surface area contributed by atoms with E-state index in [0.29, 0.717) is 6.04 Å². The Balaban J connectivity index is 1.54. The van der Waals surface area contributed by atoms with E-state index in [0.717, 1.165) is 22.5 Å². The second-order valence-corrected chi connectivity index (χ2v) is 7.41. The first kappa shape index (κ1) is 14.8. The number of thioether (sulfide) groups is 1. The second kappa shape index (κ2) is 6.37. The summed E-state index contributed by atoms with van der Waals surface area (Å²) in [5.74, 6) is 2.79. The molecule has 2 heterocycles. The van der Waals surface area contributed by atoms with Gasteiger partial charge in [0, 0.05) is 11.8 Å². The van der Waals surface area contributed by atoms with E-state index in [9.17, 15) is 0 Å². The minimum Gasteiger partial charge on any atom is -0.497 e. The van der Waals surface area contributed by atoms with Gasteiger partial charge in [-0.15, -0.1) is 21.5 Å². The Bertz CT molecular complexity index is 777. The molecular weight excluding hydrogens is 326 g/mol. The van der Waals surface area contributed by atoms with E-state index < -0.39 is 0 Å². The van der Waals surface area contributed by atoms with E-state index in [2.05, 4.69) is 44.4 Å². The molecule has 0 amide bonds. The molecule has 118 valence electrons. The Labute approximate surface area is 143 Å². The van der Waals surface area contributed by atoms with Gasteiger partial charge in [-0.25, -0.2) is 0 Å². The molecule has 1 saturated carbocycles. The maximum absolute atomic E-state index is 5.20. The predicted octanol–water partition coefficient (Wildman–Crippen LogP) is 4.64. The number of benzene rings is 1. The van der Waals surface area contributed by atoms with Gasteiger partial charge in [0.05, 0.1) is 12.0 Å². The molecule has 1 aromatic carbocycles. The Kier molecular flexibility index (Phi) is 4.10. The number of rotatable bonds is 6. The molecule has 0 unspecified atom stereocenters. The van der Waals surface area contributed by atoms with Crippen molar-refractivity contribution in [1.82, 2.24) is 14.8 Å². The SMILES string of the molecule is COc1ccc(CSc2nnc(-c3cccs3)n2C2CC2)cc1. The van der Waals surface area contributed by atoms with E-state index in [4.69, 9.17) is 4.74 Å². The molecule has 4 nitrogen and oxygen atoms in total. The maximum Gasteiger partial charge on any atom is 0.192 e. The summed E-state index contributed by atoms with van der Waals surface area (Å²) in [7, 11) is 1.69. The Hall–Kier alpha value is -1.79. The van der Waals surface area contributed by atoms with Gasteiger partial charge in [0.2, 0.25) is 0 Å². The number of nitrogens with zero attached hydrogens (tertiary/aromatic N) is 3. The first-order valence-electron chi connectivity index (χ1n) is 7.59. The molecule has 3 aromatic rings. The molecule has 0 bridgehead atoms. The smallest absolute Gasteiger partial charge is 0.192 e. The van der Waals surface area contributed by atoms with Crippen LogP contribution in [0.4, 0.5) is 0 Å². The topological polar surface area (TPSA) is 39.9 Å². The van der Waals surface area contributed by atoms with Crippen molar-refractivity contribution in [3.63, 3.8) is 0 Å². The lowest BCUT2D eigenvalue weighted by molar-refractivity contribution is 0.414. The predicted molar refractivity (Wildman–Crippen MR) is 94.2 cm³/mol. The van der Waals surface area contributed by atoms with E-state index in [-0.39, 0.29) is 0 Å². The summed E-state index contributed by atoms with van der Waals surface area (Å²) >= 11 is 3.47. The highest BCUT2D eigenvalue weighted by molar-refractivity contribution is 7.98. The van der Waals surface area contributed by atoms with Gasteiger partial charge in [-0.05, 0) is 42.0 Å². The largest absolute Gasteiger partial charge is 0.497 e. The molecule has 4 rings (SSSR count). The minimum atomic E-state index is 0.570. The van der Waals surface area contributed by atoms with Gasteiger partial charge in [0.15, 0.2) is 11.0 Å².